The molecular formula is C58H36N4O. The van der Waals surface area contributed by atoms with Gasteiger partial charge in [0.2, 0.25) is 0 Å². The molecule has 1 aliphatic heterocycles. The Morgan fingerprint density at radius 1 is 0.333 bits per heavy atom. The van der Waals surface area contributed by atoms with Crippen LogP contribution in [-0.4, -0.2) is 15.0 Å². The molecule has 0 bridgehead atoms. The maximum absolute atomic E-state index is 6.21. The van der Waals surface area contributed by atoms with Crippen LogP contribution in [0.2, 0.25) is 0 Å². The van der Waals surface area contributed by atoms with Crippen molar-refractivity contribution in [1.82, 2.24) is 15.0 Å². The molecule has 1 spiro atoms. The highest BCUT2D eigenvalue weighted by Gasteiger charge is 2.51. The van der Waals surface area contributed by atoms with Crippen LogP contribution in [0.25, 0.3) is 78.4 Å². The molecule has 13 rings (SSSR count). The van der Waals surface area contributed by atoms with Gasteiger partial charge in [-0.1, -0.05) is 164 Å². The highest BCUT2D eigenvalue weighted by atomic mass is 16.3. The zero-order chi connectivity index (χ0) is 41.5. The molecule has 1 aliphatic carbocycles. The molecule has 2 aromatic heterocycles. The summed E-state index contributed by atoms with van der Waals surface area (Å²) in [4.78, 5) is 18.2. The van der Waals surface area contributed by atoms with Crippen LogP contribution in [0.5, 0.6) is 0 Å². The lowest BCUT2D eigenvalue weighted by Crippen LogP contribution is -2.36. The molecule has 0 atom stereocenters. The van der Waals surface area contributed by atoms with Gasteiger partial charge in [-0.05, 0) is 99.1 Å². The Morgan fingerprint density at radius 2 is 0.825 bits per heavy atom. The van der Waals surface area contributed by atoms with E-state index in [1.54, 1.807) is 0 Å². The fraction of sp³-hybridized carbons (Fsp3) is 0.0172. The van der Waals surface area contributed by atoms with Gasteiger partial charge in [0.05, 0.1) is 16.8 Å². The first kappa shape index (κ1) is 35.4. The van der Waals surface area contributed by atoms with E-state index in [1.165, 1.54) is 33.4 Å². The third-order valence-corrected chi connectivity index (χ3v) is 12.9. The van der Waals surface area contributed by atoms with Gasteiger partial charge in [-0.2, -0.15) is 0 Å². The Kier molecular flexibility index (Phi) is 7.75. The van der Waals surface area contributed by atoms with Crippen LogP contribution in [0, 0.1) is 0 Å². The zero-order valence-electron chi connectivity index (χ0n) is 34.0. The Morgan fingerprint density at radius 3 is 1.49 bits per heavy atom. The maximum atomic E-state index is 6.21. The lowest BCUT2D eigenvalue weighted by atomic mass is 9.64. The predicted molar refractivity (Wildman–Crippen MR) is 254 cm³/mol. The van der Waals surface area contributed by atoms with Crippen molar-refractivity contribution in [3.63, 3.8) is 0 Å². The van der Waals surface area contributed by atoms with Crippen molar-refractivity contribution in [2.45, 2.75) is 5.41 Å². The minimum absolute atomic E-state index is 0.508. The number of rotatable bonds is 5. The predicted octanol–water partition coefficient (Wildman–Crippen LogP) is 14.6. The molecular weight excluding hydrogens is 769 g/mol. The molecule has 63 heavy (non-hydrogen) atoms. The minimum Gasteiger partial charge on any atom is -0.456 e. The molecule has 5 nitrogen and oxygen atoms in total. The Bertz CT molecular complexity index is 3500. The van der Waals surface area contributed by atoms with E-state index in [-0.39, 0.29) is 0 Å². The third-order valence-electron chi connectivity index (χ3n) is 12.9. The third kappa shape index (κ3) is 5.33. The first-order chi connectivity index (χ1) is 31.2. The number of hydrogen-bond donors (Lipinski definition) is 0. The van der Waals surface area contributed by atoms with Crippen molar-refractivity contribution in [2.75, 3.05) is 4.90 Å². The molecule has 3 heterocycles. The summed E-state index contributed by atoms with van der Waals surface area (Å²) >= 11 is 0. The summed E-state index contributed by atoms with van der Waals surface area (Å²) in [5, 5.41) is 2.08. The molecule has 5 heteroatoms. The van der Waals surface area contributed by atoms with Crippen molar-refractivity contribution < 1.29 is 4.42 Å². The standard InChI is InChI=1S/C58H36N4O/c1-3-17-37(18-4-1)40-33-41(57-60-55(38-19-5-2-6-20-38)59-56(61-57)39-31-32-54-46(36-39)45-23-9-16-30-53(45)63-54)35-42(34-40)62-51-28-14-12-26-49(51)58(50-27-13-15-29-52(50)62)47-24-10-7-21-43(47)44-22-8-11-25-48(44)58/h1-36H. The second-order valence-corrected chi connectivity index (χ2v) is 16.3. The molecule has 294 valence electrons. The van der Waals surface area contributed by atoms with E-state index in [4.69, 9.17) is 19.4 Å². The number of hydrogen-bond acceptors (Lipinski definition) is 5. The van der Waals surface area contributed by atoms with Gasteiger partial charge < -0.3 is 9.32 Å². The van der Waals surface area contributed by atoms with Gasteiger partial charge in [0.15, 0.2) is 17.5 Å². The Hall–Kier alpha value is -8.41. The smallest absolute Gasteiger partial charge is 0.164 e. The van der Waals surface area contributed by atoms with Crippen LogP contribution < -0.4 is 4.90 Å². The lowest BCUT2D eigenvalue weighted by molar-refractivity contribution is 0.669. The first-order valence-corrected chi connectivity index (χ1v) is 21.3. The van der Waals surface area contributed by atoms with Crippen molar-refractivity contribution in [2.24, 2.45) is 0 Å². The molecule has 0 saturated heterocycles. The van der Waals surface area contributed by atoms with Gasteiger partial charge in [0, 0.05) is 33.2 Å². The van der Waals surface area contributed by atoms with E-state index in [0.29, 0.717) is 17.5 Å². The van der Waals surface area contributed by atoms with Crippen LogP contribution in [-0.2, 0) is 5.41 Å². The highest BCUT2D eigenvalue weighted by Crippen LogP contribution is 2.63. The zero-order valence-corrected chi connectivity index (χ0v) is 34.0. The van der Waals surface area contributed by atoms with Crippen LogP contribution in [0.4, 0.5) is 17.1 Å². The average molecular weight is 805 g/mol. The minimum atomic E-state index is -0.508. The molecule has 0 fully saturated rings. The number of para-hydroxylation sites is 3. The normalized spacial score (nSPS) is 13.2. The van der Waals surface area contributed by atoms with E-state index < -0.39 is 5.41 Å². The Balaban J connectivity index is 1.06. The van der Waals surface area contributed by atoms with Crippen molar-refractivity contribution >= 4 is 39.0 Å². The summed E-state index contributed by atoms with van der Waals surface area (Å²) in [5.74, 6) is 1.78. The van der Waals surface area contributed by atoms with Gasteiger partial charge in [-0.3, -0.25) is 0 Å². The fourth-order valence-electron chi connectivity index (χ4n) is 10.2. The van der Waals surface area contributed by atoms with Gasteiger partial charge in [0.25, 0.3) is 0 Å². The molecule has 0 amide bonds. The number of fused-ring (bicyclic) bond motifs is 12. The number of aromatic nitrogens is 3. The lowest BCUT2D eigenvalue weighted by Gasteiger charge is -2.45. The van der Waals surface area contributed by atoms with Gasteiger partial charge in [0.1, 0.15) is 11.2 Å². The van der Waals surface area contributed by atoms with Crippen LogP contribution in [0.1, 0.15) is 22.3 Å². The van der Waals surface area contributed by atoms with Crippen LogP contribution in [0.3, 0.4) is 0 Å². The quantitative estimate of drug-likeness (QED) is 0.173. The number of nitrogens with zero attached hydrogens (tertiary/aromatic N) is 4. The van der Waals surface area contributed by atoms with Gasteiger partial charge in [-0.25, -0.2) is 15.0 Å². The highest BCUT2D eigenvalue weighted by molar-refractivity contribution is 6.06. The number of anilines is 3. The summed E-state index contributed by atoms with van der Waals surface area (Å²) in [6, 6.07) is 77.6. The van der Waals surface area contributed by atoms with E-state index in [0.717, 1.165) is 66.8 Å². The van der Waals surface area contributed by atoms with Crippen LogP contribution >= 0.6 is 0 Å². The SMILES string of the molecule is c1ccc(-c2cc(-c3nc(-c4ccccc4)nc(-c4ccc5oc6ccccc6c5c4)n3)cc(N3c4ccccc4C4(c5ccccc5-c5ccccc54)c4ccccc43)c2)cc1. The average Bonchev–Trinajstić information content (AvgIpc) is 3.88. The molecule has 0 unspecified atom stereocenters. The largest absolute Gasteiger partial charge is 0.456 e. The van der Waals surface area contributed by atoms with Gasteiger partial charge in [-0.15, -0.1) is 0 Å². The van der Waals surface area contributed by atoms with Crippen molar-refractivity contribution in [3.05, 3.63) is 241 Å². The molecule has 0 saturated carbocycles. The molecule has 9 aromatic carbocycles. The van der Waals surface area contributed by atoms with Crippen LogP contribution in [0.15, 0.2) is 223 Å². The van der Waals surface area contributed by atoms with Crippen molar-refractivity contribution in [1.29, 1.82) is 0 Å². The van der Waals surface area contributed by atoms with E-state index in [2.05, 4.69) is 175 Å². The van der Waals surface area contributed by atoms with E-state index in [1.807, 2.05) is 48.5 Å². The second kappa shape index (κ2) is 13.8. The topological polar surface area (TPSA) is 55.1 Å². The summed E-state index contributed by atoms with van der Waals surface area (Å²) in [6.45, 7) is 0. The summed E-state index contributed by atoms with van der Waals surface area (Å²) in [7, 11) is 0. The first-order valence-electron chi connectivity index (χ1n) is 21.3. The Labute approximate surface area is 364 Å². The molecule has 0 radical (unpaired) electrons. The van der Waals surface area contributed by atoms with Crippen molar-refractivity contribution in [3.8, 4) is 56.4 Å². The molecule has 0 N–H and O–H groups in total. The number of furan rings is 1. The van der Waals surface area contributed by atoms with E-state index in [9.17, 15) is 0 Å². The fourth-order valence-corrected chi connectivity index (χ4v) is 10.2. The number of benzene rings is 9. The second-order valence-electron chi connectivity index (χ2n) is 16.3. The maximum Gasteiger partial charge on any atom is 0.164 e. The molecule has 2 aliphatic rings. The summed E-state index contributed by atoms with van der Waals surface area (Å²) in [5.41, 5.74) is 16.9. The summed E-state index contributed by atoms with van der Waals surface area (Å²) in [6.07, 6.45) is 0. The summed E-state index contributed by atoms with van der Waals surface area (Å²) < 4.78 is 6.21. The monoisotopic (exact) mass is 804 g/mol. The van der Waals surface area contributed by atoms with Gasteiger partial charge >= 0.3 is 0 Å². The van der Waals surface area contributed by atoms with E-state index >= 15 is 0 Å². The molecule has 11 aromatic rings.